The van der Waals surface area contributed by atoms with Gasteiger partial charge in [-0.2, -0.15) is 0 Å². The van der Waals surface area contributed by atoms with Crippen LogP contribution in [0.4, 0.5) is 5.69 Å². The number of nitrogens with one attached hydrogen (secondary N) is 2. The molecule has 3 nitrogen and oxygen atoms in total. The van der Waals surface area contributed by atoms with E-state index in [4.69, 9.17) is 0 Å². The van der Waals surface area contributed by atoms with E-state index in [-0.39, 0.29) is 5.91 Å². The fourth-order valence-electron chi connectivity index (χ4n) is 2.31. The third kappa shape index (κ3) is 2.66. The van der Waals surface area contributed by atoms with Crippen LogP contribution in [0.25, 0.3) is 0 Å². The number of rotatable bonds is 4. The van der Waals surface area contributed by atoms with E-state index in [0.717, 1.165) is 23.4 Å². The summed E-state index contributed by atoms with van der Waals surface area (Å²) in [5.41, 5.74) is 3.23. The molecule has 98 valence electrons. The number of benzene rings is 1. The summed E-state index contributed by atoms with van der Waals surface area (Å²) in [6.45, 7) is 7.25. The predicted molar refractivity (Wildman–Crippen MR) is 74.9 cm³/mol. The average Bonchev–Trinajstić information content (AvgIpc) is 2.94. The molecule has 1 saturated carbocycles. The molecule has 3 heteroatoms. The molecule has 0 radical (unpaired) electrons. The van der Waals surface area contributed by atoms with Crippen molar-refractivity contribution in [2.24, 2.45) is 11.3 Å². The highest BCUT2D eigenvalue weighted by molar-refractivity contribution is 5.96. The quantitative estimate of drug-likeness (QED) is 0.857. The van der Waals surface area contributed by atoms with Crippen molar-refractivity contribution in [3.05, 3.63) is 29.3 Å². The Hall–Kier alpha value is -1.51. The third-order valence-corrected chi connectivity index (χ3v) is 3.99. The van der Waals surface area contributed by atoms with Gasteiger partial charge < -0.3 is 10.6 Å². The molecule has 1 unspecified atom stereocenters. The van der Waals surface area contributed by atoms with Gasteiger partial charge in [0.05, 0.1) is 0 Å². The monoisotopic (exact) mass is 246 g/mol. The maximum Gasteiger partial charge on any atom is 0.251 e. The standard InChI is InChI=1S/C15H22N2O/c1-10-7-12(16-4)5-6-13(10)14(18)17-9-11-8-15(11,2)3/h5-7,11,16H,8-9H2,1-4H3,(H,17,18). The third-order valence-electron chi connectivity index (χ3n) is 3.99. The molecule has 0 heterocycles. The van der Waals surface area contributed by atoms with E-state index in [9.17, 15) is 4.79 Å². The Morgan fingerprint density at radius 1 is 1.44 bits per heavy atom. The minimum absolute atomic E-state index is 0.0397. The number of carbonyl (C=O) groups is 1. The van der Waals surface area contributed by atoms with Gasteiger partial charge in [0.15, 0.2) is 0 Å². The summed E-state index contributed by atoms with van der Waals surface area (Å²) >= 11 is 0. The number of hydrogen-bond donors (Lipinski definition) is 2. The summed E-state index contributed by atoms with van der Waals surface area (Å²) in [5.74, 6) is 0.677. The minimum atomic E-state index is 0.0397. The van der Waals surface area contributed by atoms with Gasteiger partial charge in [0.25, 0.3) is 5.91 Å². The van der Waals surface area contributed by atoms with E-state index < -0.39 is 0 Å². The number of amides is 1. The Morgan fingerprint density at radius 2 is 2.11 bits per heavy atom. The number of carbonyl (C=O) groups excluding carboxylic acids is 1. The van der Waals surface area contributed by atoms with Crippen molar-refractivity contribution in [1.29, 1.82) is 0 Å². The highest BCUT2D eigenvalue weighted by atomic mass is 16.1. The van der Waals surface area contributed by atoms with Crippen LogP contribution in [-0.4, -0.2) is 19.5 Å². The van der Waals surface area contributed by atoms with E-state index in [0.29, 0.717) is 11.3 Å². The molecule has 1 aliphatic carbocycles. The molecule has 2 rings (SSSR count). The molecule has 0 aromatic heterocycles. The molecule has 0 aliphatic heterocycles. The summed E-state index contributed by atoms with van der Waals surface area (Å²) in [6.07, 6.45) is 1.21. The first kappa shape index (κ1) is 12.9. The van der Waals surface area contributed by atoms with Crippen molar-refractivity contribution < 1.29 is 4.79 Å². The summed E-state index contributed by atoms with van der Waals surface area (Å²) in [7, 11) is 1.88. The number of aryl methyl sites for hydroxylation is 1. The van der Waals surface area contributed by atoms with Gasteiger partial charge in [0.1, 0.15) is 0 Å². The van der Waals surface area contributed by atoms with Crippen LogP contribution in [0.5, 0.6) is 0 Å². The van der Waals surface area contributed by atoms with Gasteiger partial charge in [-0.15, -0.1) is 0 Å². The summed E-state index contributed by atoms with van der Waals surface area (Å²) in [6, 6.07) is 5.81. The van der Waals surface area contributed by atoms with Gasteiger partial charge in [0.2, 0.25) is 0 Å². The second-order valence-corrected chi connectivity index (χ2v) is 5.88. The van der Waals surface area contributed by atoms with Crippen LogP contribution in [0, 0.1) is 18.3 Å². The smallest absolute Gasteiger partial charge is 0.251 e. The maximum absolute atomic E-state index is 12.1. The fourth-order valence-corrected chi connectivity index (χ4v) is 2.31. The second-order valence-electron chi connectivity index (χ2n) is 5.88. The molecule has 2 N–H and O–H groups in total. The first-order valence-electron chi connectivity index (χ1n) is 6.50. The lowest BCUT2D eigenvalue weighted by atomic mass is 10.1. The topological polar surface area (TPSA) is 41.1 Å². The van der Waals surface area contributed by atoms with E-state index in [1.165, 1.54) is 6.42 Å². The maximum atomic E-state index is 12.1. The lowest BCUT2D eigenvalue weighted by Gasteiger charge is -2.10. The molecule has 1 atom stereocenters. The van der Waals surface area contributed by atoms with Gasteiger partial charge in [0, 0.05) is 24.8 Å². The van der Waals surface area contributed by atoms with Crippen molar-refractivity contribution in [3.8, 4) is 0 Å². The van der Waals surface area contributed by atoms with Crippen LogP contribution >= 0.6 is 0 Å². The number of hydrogen-bond acceptors (Lipinski definition) is 2. The SMILES string of the molecule is CNc1ccc(C(=O)NCC2CC2(C)C)c(C)c1. The fraction of sp³-hybridized carbons (Fsp3) is 0.533. The zero-order chi connectivity index (χ0) is 13.3. The van der Waals surface area contributed by atoms with E-state index in [1.807, 2.05) is 32.2 Å². The molecule has 1 aliphatic rings. The Balaban J connectivity index is 1.96. The number of anilines is 1. The van der Waals surface area contributed by atoms with Crippen LogP contribution in [0.3, 0.4) is 0 Å². The summed E-state index contributed by atoms with van der Waals surface area (Å²) in [4.78, 5) is 12.1. The zero-order valence-electron chi connectivity index (χ0n) is 11.6. The Morgan fingerprint density at radius 3 is 2.61 bits per heavy atom. The van der Waals surface area contributed by atoms with Gasteiger partial charge in [-0.1, -0.05) is 13.8 Å². The molecule has 0 bridgehead atoms. The molecule has 18 heavy (non-hydrogen) atoms. The molecule has 0 spiro atoms. The lowest BCUT2D eigenvalue weighted by molar-refractivity contribution is 0.0950. The lowest BCUT2D eigenvalue weighted by Crippen LogP contribution is -2.27. The Kier molecular flexibility index (Phi) is 3.33. The van der Waals surface area contributed by atoms with Crippen LogP contribution in [0.15, 0.2) is 18.2 Å². The van der Waals surface area contributed by atoms with Crippen molar-refractivity contribution in [2.45, 2.75) is 27.2 Å². The minimum Gasteiger partial charge on any atom is -0.388 e. The van der Waals surface area contributed by atoms with Crippen molar-refractivity contribution in [2.75, 3.05) is 18.9 Å². The molecule has 1 aromatic rings. The first-order valence-corrected chi connectivity index (χ1v) is 6.50. The van der Waals surface area contributed by atoms with Gasteiger partial charge >= 0.3 is 0 Å². The average molecular weight is 246 g/mol. The van der Waals surface area contributed by atoms with E-state index in [1.54, 1.807) is 0 Å². The van der Waals surface area contributed by atoms with Crippen LogP contribution in [0.2, 0.25) is 0 Å². The van der Waals surface area contributed by atoms with Crippen molar-refractivity contribution in [1.82, 2.24) is 5.32 Å². The highest BCUT2D eigenvalue weighted by Crippen LogP contribution is 2.50. The van der Waals surface area contributed by atoms with Crippen molar-refractivity contribution in [3.63, 3.8) is 0 Å². The zero-order valence-corrected chi connectivity index (χ0v) is 11.6. The normalized spacial score (nSPS) is 20.3. The van der Waals surface area contributed by atoms with Crippen LogP contribution < -0.4 is 10.6 Å². The highest BCUT2D eigenvalue weighted by Gasteiger charge is 2.45. The van der Waals surface area contributed by atoms with Crippen LogP contribution in [0.1, 0.15) is 36.2 Å². The Bertz CT molecular complexity index is 466. The summed E-state index contributed by atoms with van der Waals surface area (Å²) in [5, 5.41) is 6.11. The van der Waals surface area contributed by atoms with Crippen molar-refractivity contribution >= 4 is 11.6 Å². The van der Waals surface area contributed by atoms with Crippen LogP contribution in [-0.2, 0) is 0 Å². The van der Waals surface area contributed by atoms with Gasteiger partial charge in [-0.05, 0) is 48.4 Å². The second kappa shape index (κ2) is 4.63. The molecular formula is C15H22N2O. The molecule has 0 saturated heterocycles. The molecule has 1 aromatic carbocycles. The van der Waals surface area contributed by atoms with E-state index >= 15 is 0 Å². The Labute approximate surface area is 109 Å². The largest absolute Gasteiger partial charge is 0.388 e. The first-order chi connectivity index (χ1) is 8.44. The molecule has 1 fully saturated rings. The molecule has 1 amide bonds. The summed E-state index contributed by atoms with van der Waals surface area (Å²) < 4.78 is 0. The molecular weight excluding hydrogens is 224 g/mol. The van der Waals surface area contributed by atoms with Gasteiger partial charge in [-0.25, -0.2) is 0 Å². The van der Waals surface area contributed by atoms with Gasteiger partial charge in [-0.3, -0.25) is 4.79 Å². The van der Waals surface area contributed by atoms with E-state index in [2.05, 4.69) is 24.5 Å². The predicted octanol–water partition coefficient (Wildman–Crippen LogP) is 2.81.